The average Bonchev–Trinajstić information content (AvgIpc) is 2.86. The Morgan fingerprint density at radius 2 is 1.42 bits per heavy atom. The molecular formula is C18H33N2O4+. The molecule has 6 nitrogen and oxygen atoms in total. The molecule has 1 aliphatic heterocycles. The molecule has 6 heteroatoms. The monoisotopic (exact) mass is 341 g/mol. The van der Waals surface area contributed by atoms with E-state index in [0.29, 0.717) is 13.1 Å². The number of quaternary nitrogens is 1. The van der Waals surface area contributed by atoms with Gasteiger partial charge in [0.05, 0.1) is 6.54 Å². The lowest BCUT2D eigenvalue weighted by molar-refractivity contribution is -0.821. The quantitative estimate of drug-likeness (QED) is 0.375. The number of carboxylic acids is 2. The zero-order chi connectivity index (χ0) is 17.8. The Bertz CT molecular complexity index is 419. The normalized spacial score (nSPS) is 16.1. The molecule has 1 aliphatic rings. The van der Waals surface area contributed by atoms with Crippen molar-refractivity contribution in [3.05, 3.63) is 0 Å². The van der Waals surface area contributed by atoms with Crippen molar-refractivity contribution in [1.82, 2.24) is 0 Å². The average molecular weight is 341 g/mol. The van der Waals surface area contributed by atoms with E-state index < -0.39 is 11.9 Å². The van der Waals surface area contributed by atoms with E-state index >= 15 is 0 Å². The van der Waals surface area contributed by atoms with E-state index in [1.165, 1.54) is 44.9 Å². The van der Waals surface area contributed by atoms with Crippen molar-refractivity contribution in [1.29, 1.82) is 0 Å². The molecule has 138 valence electrons. The first-order chi connectivity index (χ1) is 11.5. The van der Waals surface area contributed by atoms with Crippen LogP contribution < -0.4 is 0 Å². The second-order valence-electron chi connectivity index (χ2n) is 6.85. The highest BCUT2D eigenvalue weighted by Gasteiger charge is 2.41. The first-order valence-corrected chi connectivity index (χ1v) is 9.34. The van der Waals surface area contributed by atoms with Crippen LogP contribution in [-0.2, 0) is 9.59 Å². The van der Waals surface area contributed by atoms with Gasteiger partial charge in [0.2, 0.25) is 0 Å². The molecule has 0 amide bonds. The highest BCUT2D eigenvalue weighted by Crippen LogP contribution is 2.20. The lowest BCUT2D eigenvalue weighted by atomic mass is 10.1. The van der Waals surface area contributed by atoms with Gasteiger partial charge in [-0.3, -0.25) is 4.48 Å². The van der Waals surface area contributed by atoms with Gasteiger partial charge in [0, 0.05) is 6.42 Å². The predicted octanol–water partition coefficient (Wildman–Crippen LogP) is 3.31. The van der Waals surface area contributed by atoms with Crippen LogP contribution in [0.25, 0.3) is 0 Å². The summed E-state index contributed by atoms with van der Waals surface area (Å²) in [6, 6.07) is 0. The van der Waals surface area contributed by atoms with E-state index in [-0.39, 0.29) is 17.6 Å². The Morgan fingerprint density at radius 3 is 1.92 bits per heavy atom. The van der Waals surface area contributed by atoms with Gasteiger partial charge in [-0.15, -0.1) is 0 Å². The van der Waals surface area contributed by atoms with Gasteiger partial charge >= 0.3 is 11.9 Å². The van der Waals surface area contributed by atoms with Gasteiger partial charge in [-0.2, -0.15) is 0 Å². The molecule has 0 aromatic rings. The minimum atomic E-state index is -0.960. The topological polar surface area (TPSA) is 87.0 Å². The summed E-state index contributed by atoms with van der Waals surface area (Å²) in [7, 11) is 0. The Hall–Kier alpha value is -1.43. The number of unbranched alkanes of at least 4 members (excludes halogenated alkanes) is 8. The van der Waals surface area contributed by atoms with Crippen molar-refractivity contribution >= 4 is 17.8 Å². The van der Waals surface area contributed by atoms with E-state index in [4.69, 9.17) is 10.2 Å². The number of aliphatic imine (C=N–C) groups is 1. The van der Waals surface area contributed by atoms with Gasteiger partial charge in [0.15, 0.2) is 18.9 Å². The van der Waals surface area contributed by atoms with Crippen LogP contribution in [0.3, 0.4) is 0 Å². The third kappa shape index (κ3) is 7.43. The van der Waals surface area contributed by atoms with Crippen LogP contribution in [0.4, 0.5) is 0 Å². The summed E-state index contributed by atoms with van der Waals surface area (Å²) in [6.45, 7) is 2.89. The number of rotatable bonds is 14. The van der Waals surface area contributed by atoms with E-state index in [1.807, 2.05) is 0 Å². The van der Waals surface area contributed by atoms with Gasteiger partial charge in [0.1, 0.15) is 6.54 Å². The zero-order valence-corrected chi connectivity index (χ0v) is 15.0. The number of hydrogen-bond donors (Lipinski definition) is 2. The smallest absolute Gasteiger partial charge is 0.359 e. The van der Waals surface area contributed by atoms with Crippen LogP contribution in [0.2, 0.25) is 0 Å². The van der Waals surface area contributed by atoms with Gasteiger partial charge in [-0.1, -0.05) is 58.3 Å². The molecule has 24 heavy (non-hydrogen) atoms. The summed E-state index contributed by atoms with van der Waals surface area (Å²) >= 11 is 0. The zero-order valence-electron chi connectivity index (χ0n) is 15.0. The first-order valence-electron chi connectivity index (χ1n) is 9.34. The Kier molecular flexibility index (Phi) is 9.60. The fraction of sp³-hybridized carbons (Fsp3) is 0.833. The van der Waals surface area contributed by atoms with E-state index in [0.717, 1.165) is 25.1 Å². The van der Waals surface area contributed by atoms with Crippen molar-refractivity contribution < 1.29 is 24.3 Å². The van der Waals surface area contributed by atoms with Crippen LogP contribution in [0.5, 0.6) is 0 Å². The molecular weight excluding hydrogens is 308 g/mol. The summed E-state index contributed by atoms with van der Waals surface area (Å²) < 4.78 is 0.00167. The van der Waals surface area contributed by atoms with Crippen LogP contribution in [0, 0.1) is 0 Å². The molecule has 0 saturated carbocycles. The Balaban J connectivity index is 2.31. The number of hydrogen-bond acceptors (Lipinski definition) is 3. The number of amidine groups is 1. The van der Waals surface area contributed by atoms with Gasteiger partial charge < -0.3 is 10.2 Å². The molecule has 1 rings (SSSR count). The predicted molar refractivity (Wildman–Crippen MR) is 94.3 cm³/mol. The van der Waals surface area contributed by atoms with Crippen LogP contribution >= 0.6 is 0 Å². The fourth-order valence-corrected chi connectivity index (χ4v) is 3.47. The summed E-state index contributed by atoms with van der Waals surface area (Å²) in [5, 5.41) is 18.3. The molecule has 0 spiro atoms. The van der Waals surface area contributed by atoms with Gasteiger partial charge in [-0.05, 0) is 6.42 Å². The number of carboxylic acid groups (broad SMARTS) is 2. The lowest BCUT2D eigenvalue weighted by Gasteiger charge is -2.31. The summed E-state index contributed by atoms with van der Waals surface area (Å²) in [6.07, 6.45) is 11.8. The molecule has 0 bridgehead atoms. The highest BCUT2D eigenvalue weighted by molar-refractivity contribution is 5.82. The molecule has 0 aliphatic carbocycles. The summed E-state index contributed by atoms with van der Waals surface area (Å²) in [5.74, 6) is -1.15. The third-order valence-corrected chi connectivity index (χ3v) is 4.75. The van der Waals surface area contributed by atoms with E-state index in [9.17, 15) is 9.59 Å². The van der Waals surface area contributed by atoms with E-state index in [1.54, 1.807) is 0 Å². The summed E-state index contributed by atoms with van der Waals surface area (Å²) in [5.41, 5.74) is 0. The van der Waals surface area contributed by atoms with Crippen molar-refractivity contribution in [2.45, 2.75) is 71.1 Å². The molecule has 0 radical (unpaired) electrons. The molecule has 0 unspecified atom stereocenters. The van der Waals surface area contributed by atoms with Crippen molar-refractivity contribution in [3.63, 3.8) is 0 Å². The van der Waals surface area contributed by atoms with Crippen molar-refractivity contribution in [2.75, 3.05) is 26.2 Å². The molecule has 0 atom stereocenters. The maximum absolute atomic E-state index is 11.1. The molecule has 2 N–H and O–H groups in total. The maximum atomic E-state index is 11.1. The van der Waals surface area contributed by atoms with Gasteiger partial charge in [-0.25, -0.2) is 14.6 Å². The third-order valence-electron chi connectivity index (χ3n) is 4.75. The van der Waals surface area contributed by atoms with Crippen molar-refractivity contribution in [3.8, 4) is 0 Å². The minimum absolute atomic E-state index is 0.00167. The molecule has 0 aromatic heterocycles. The number of carbonyl (C=O) groups is 2. The Labute approximate surface area is 145 Å². The second kappa shape index (κ2) is 11.2. The van der Waals surface area contributed by atoms with Crippen LogP contribution in [0.15, 0.2) is 4.99 Å². The number of nitrogens with zero attached hydrogens (tertiary/aromatic N) is 2. The first kappa shape index (κ1) is 20.6. The standard InChI is InChI=1S/C18H32N2O4/c1-2-3-4-5-6-7-8-9-10-11-16-19-12-13-20(16,14-17(21)22)15-18(23)24/h2-15H2,1H3,(H-,21,22,23,24)/p+1. The fourth-order valence-electron chi connectivity index (χ4n) is 3.47. The molecule has 1 heterocycles. The minimum Gasteiger partial charge on any atom is -0.477 e. The second-order valence-corrected chi connectivity index (χ2v) is 6.85. The highest BCUT2D eigenvalue weighted by atomic mass is 16.4. The summed E-state index contributed by atoms with van der Waals surface area (Å²) in [4.78, 5) is 26.7. The largest absolute Gasteiger partial charge is 0.477 e. The molecule has 0 fully saturated rings. The SMILES string of the molecule is CCCCCCCCCCCC1=NCC[N+]1(CC(=O)O)CC(=O)O. The van der Waals surface area contributed by atoms with Crippen LogP contribution in [-0.4, -0.2) is 58.6 Å². The van der Waals surface area contributed by atoms with Crippen molar-refractivity contribution in [2.24, 2.45) is 4.99 Å². The van der Waals surface area contributed by atoms with Gasteiger partial charge in [0.25, 0.3) is 0 Å². The molecule has 0 aromatic carbocycles. The molecule has 0 saturated heterocycles. The lowest BCUT2D eigenvalue weighted by Crippen LogP contribution is -2.56. The maximum Gasteiger partial charge on any atom is 0.359 e. The number of aliphatic carboxylic acids is 2. The Morgan fingerprint density at radius 1 is 0.917 bits per heavy atom. The van der Waals surface area contributed by atoms with Crippen LogP contribution in [0.1, 0.15) is 71.1 Å². The van der Waals surface area contributed by atoms with E-state index in [2.05, 4.69) is 11.9 Å².